The Bertz CT molecular complexity index is 1230. The molecule has 2 amide bonds. The molecule has 0 spiro atoms. The van der Waals surface area contributed by atoms with Gasteiger partial charge in [-0.2, -0.15) is 0 Å². The highest BCUT2D eigenvalue weighted by Crippen LogP contribution is 2.29. The Kier molecular flexibility index (Phi) is 6.53. The van der Waals surface area contributed by atoms with Crippen molar-refractivity contribution >= 4 is 61.5 Å². The molecule has 0 radical (unpaired) electrons. The van der Waals surface area contributed by atoms with Gasteiger partial charge in [-0.15, -0.1) is 0 Å². The fraction of sp³-hybridized carbons (Fsp3) is 0.0833. The second kappa shape index (κ2) is 9.67. The topological polar surface area (TPSA) is 83.1 Å². The fourth-order valence-corrected chi connectivity index (χ4v) is 4.53. The Hall–Kier alpha value is -3.62. The Morgan fingerprint density at radius 1 is 0.906 bits per heavy atom. The third kappa shape index (κ3) is 5.16. The number of thiocarbonyl (C=S) groups is 1. The molecule has 0 unspecified atom stereocenters. The Morgan fingerprint density at radius 3 is 2.12 bits per heavy atom. The van der Waals surface area contributed by atoms with E-state index in [1.54, 1.807) is 6.07 Å². The summed E-state index contributed by atoms with van der Waals surface area (Å²) < 4.78 is 0.888. The van der Waals surface area contributed by atoms with Crippen LogP contribution in [0.25, 0.3) is 10.2 Å². The molecule has 0 saturated carbocycles. The average Bonchev–Trinajstić information content (AvgIpc) is 3.16. The van der Waals surface area contributed by atoms with Gasteiger partial charge >= 0.3 is 0 Å². The lowest BCUT2D eigenvalue weighted by molar-refractivity contribution is -0.120. The molecule has 0 fully saturated rings. The van der Waals surface area contributed by atoms with Gasteiger partial charge in [0.2, 0.25) is 11.8 Å². The summed E-state index contributed by atoms with van der Waals surface area (Å²) >= 11 is 6.77. The van der Waals surface area contributed by atoms with E-state index in [9.17, 15) is 9.59 Å². The minimum atomic E-state index is -0.493. The van der Waals surface area contributed by atoms with Crippen LogP contribution in [0.1, 0.15) is 24.0 Å². The number of amides is 2. The molecule has 0 saturated heterocycles. The van der Waals surface area contributed by atoms with E-state index >= 15 is 0 Å². The molecule has 4 aromatic rings. The first-order valence-corrected chi connectivity index (χ1v) is 11.1. The number of aromatic nitrogens is 1. The minimum absolute atomic E-state index is 0.137. The molecule has 1 heterocycles. The van der Waals surface area contributed by atoms with Gasteiger partial charge in [0.1, 0.15) is 0 Å². The van der Waals surface area contributed by atoms with Gasteiger partial charge in [0.15, 0.2) is 10.2 Å². The van der Waals surface area contributed by atoms with Crippen LogP contribution in [-0.2, 0) is 9.59 Å². The van der Waals surface area contributed by atoms with Gasteiger partial charge in [-0.05, 0) is 41.5 Å². The monoisotopic (exact) mass is 460 g/mol. The molecule has 32 heavy (non-hydrogen) atoms. The standard InChI is InChI=1S/C24H20N4O2S2/c1-15(29)25-18-12-13-19-20(14-18)32-24(26-19)28-23(31)27-22(30)21(16-8-4-2-5-9-16)17-10-6-3-7-11-17/h2-14,21H,1H3,(H,25,29)(H2,26,27,28,30,31). The second-order valence-electron chi connectivity index (χ2n) is 7.08. The van der Waals surface area contributed by atoms with Crippen molar-refractivity contribution in [2.45, 2.75) is 12.8 Å². The normalized spacial score (nSPS) is 10.7. The fourth-order valence-electron chi connectivity index (χ4n) is 3.36. The van der Waals surface area contributed by atoms with Crippen molar-refractivity contribution in [2.75, 3.05) is 10.6 Å². The van der Waals surface area contributed by atoms with Gasteiger partial charge in [-0.25, -0.2) is 4.98 Å². The third-order valence-electron chi connectivity index (χ3n) is 4.69. The first kappa shape index (κ1) is 21.6. The summed E-state index contributed by atoms with van der Waals surface area (Å²) in [6, 6.07) is 24.6. The maximum absolute atomic E-state index is 13.2. The van der Waals surface area contributed by atoms with Crippen molar-refractivity contribution in [1.82, 2.24) is 10.3 Å². The number of hydrogen-bond donors (Lipinski definition) is 3. The maximum atomic E-state index is 13.2. The summed E-state index contributed by atoms with van der Waals surface area (Å²) in [7, 11) is 0. The zero-order chi connectivity index (χ0) is 22.5. The van der Waals surface area contributed by atoms with Gasteiger partial charge in [0, 0.05) is 12.6 Å². The van der Waals surface area contributed by atoms with Gasteiger partial charge < -0.3 is 16.0 Å². The summed E-state index contributed by atoms with van der Waals surface area (Å²) in [4.78, 5) is 28.9. The second-order valence-corrected chi connectivity index (χ2v) is 8.52. The van der Waals surface area contributed by atoms with Crippen molar-refractivity contribution in [2.24, 2.45) is 0 Å². The number of carbonyl (C=O) groups excluding carboxylic acids is 2. The van der Waals surface area contributed by atoms with Crippen molar-refractivity contribution in [1.29, 1.82) is 0 Å². The maximum Gasteiger partial charge on any atom is 0.238 e. The number of rotatable bonds is 5. The van der Waals surface area contributed by atoms with E-state index in [2.05, 4.69) is 20.9 Å². The molecule has 0 bridgehead atoms. The van der Waals surface area contributed by atoms with E-state index < -0.39 is 5.92 Å². The summed E-state index contributed by atoms with van der Waals surface area (Å²) in [6.45, 7) is 1.46. The van der Waals surface area contributed by atoms with Gasteiger partial charge in [-0.3, -0.25) is 9.59 Å². The quantitative estimate of drug-likeness (QED) is 0.369. The van der Waals surface area contributed by atoms with Crippen LogP contribution in [-0.4, -0.2) is 21.9 Å². The lowest BCUT2D eigenvalue weighted by Crippen LogP contribution is -2.37. The summed E-state index contributed by atoms with van der Waals surface area (Å²) in [5.74, 6) is -0.857. The molecule has 1 aromatic heterocycles. The number of thiazole rings is 1. The molecular formula is C24H20N4O2S2. The van der Waals surface area contributed by atoms with E-state index in [4.69, 9.17) is 12.2 Å². The van der Waals surface area contributed by atoms with Crippen LogP contribution in [0.4, 0.5) is 10.8 Å². The van der Waals surface area contributed by atoms with Crippen molar-refractivity contribution in [3.05, 3.63) is 90.0 Å². The largest absolute Gasteiger partial charge is 0.326 e. The van der Waals surface area contributed by atoms with Crippen LogP contribution < -0.4 is 16.0 Å². The summed E-state index contributed by atoms with van der Waals surface area (Å²) in [5.41, 5.74) is 3.23. The number of carbonyl (C=O) groups is 2. The van der Waals surface area contributed by atoms with Gasteiger partial charge in [0.25, 0.3) is 0 Å². The van der Waals surface area contributed by atoms with Crippen LogP contribution in [0.2, 0.25) is 0 Å². The van der Waals surface area contributed by atoms with Crippen LogP contribution >= 0.6 is 23.6 Å². The highest BCUT2D eigenvalue weighted by molar-refractivity contribution is 7.80. The summed E-state index contributed by atoms with van der Waals surface area (Å²) in [5, 5.41) is 9.28. The average molecular weight is 461 g/mol. The molecule has 0 aliphatic heterocycles. The van der Waals surface area contributed by atoms with Crippen LogP contribution in [0.15, 0.2) is 78.9 Å². The number of benzene rings is 3. The number of nitrogens with zero attached hydrogens (tertiary/aromatic N) is 1. The van der Waals surface area contributed by atoms with Crippen molar-refractivity contribution < 1.29 is 9.59 Å². The van der Waals surface area contributed by atoms with Crippen molar-refractivity contribution in [3.63, 3.8) is 0 Å². The molecule has 0 atom stereocenters. The lowest BCUT2D eigenvalue weighted by atomic mass is 9.90. The molecule has 0 aliphatic rings. The van der Waals surface area contributed by atoms with E-state index in [0.717, 1.165) is 21.3 Å². The number of anilines is 2. The van der Waals surface area contributed by atoms with Crippen molar-refractivity contribution in [3.8, 4) is 0 Å². The van der Waals surface area contributed by atoms with Gasteiger partial charge in [-0.1, -0.05) is 72.0 Å². The molecule has 8 heteroatoms. The van der Waals surface area contributed by atoms with E-state index in [1.165, 1.54) is 18.3 Å². The van der Waals surface area contributed by atoms with Crippen LogP contribution in [0, 0.1) is 0 Å². The molecule has 3 N–H and O–H groups in total. The van der Waals surface area contributed by atoms with E-state index in [1.807, 2.05) is 72.8 Å². The zero-order valence-corrected chi connectivity index (χ0v) is 18.8. The smallest absolute Gasteiger partial charge is 0.238 e. The summed E-state index contributed by atoms with van der Waals surface area (Å²) in [6.07, 6.45) is 0. The predicted octanol–water partition coefficient (Wildman–Crippen LogP) is 4.90. The Balaban J connectivity index is 1.50. The molecule has 160 valence electrons. The predicted molar refractivity (Wildman–Crippen MR) is 133 cm³/mol. The van der Waals surface area contributed by atoms with E-state index in [-0.39, 0.29) is 16.9 Å². The third-order valence-corrected chi connectivity index (χ3v) is 5.83. The zero-order valence-electron chi connectivity index (χ0n) is 17.2. The molecule has 6 nitrogen and oxygen atoms in total. The Labute approximate surface area is 194 Å². The van der Waals surface area contributed by atoms with Crippen LogP contribution in [0.3, 0.4) is 0 Å². The highest BCUT2D eigenvalue weighted by atomic mass is 32.1. The minimum Gasteiger partial charge on any atom is -0.326 e. The highest BCUT2D eigenvalue weighted by Gasteiger charge is 2.23. The molecular weight excluding hydrogens is 440 g/mol. The SMILES string of the molecule is CC(=O)Nc1ccc2nc(NC(=S)NC(=O)C(c3ccccc3)c3ccccc3)sc2c1. The van der Waals surface area contributed by atoms with Gasteiger partial charge in [0.05, 0.1) is 16.1 Å². The molecule has 3 aromatic carbocycles. The number of hydrogen-bond acceptors (Lipinski definition) is 5. The lowest BCUT2D eigenvalue weighted by Gasteiger charge is -2.18. The first-order valence-electron chi connectivity index (χ1n) is 9.89. The number of fused-ring (bicyclic) bond motifs is 1. The Morgan fingerprint density at radius 2 is 1.53 bits per heavy atom. The molecule has 0 aliphatic carbocycles. The first-order chi connectivity index (χ1) is 15.5. The van der Waals surface area contributed by atoms with Crippen LogP contribution in [0.5, 0.6) is 0 Å². The molecule has 4 rings (SSSR count). The van der Waals surface area contributed by atoms with E-state index in [0.29, 0.717) is 10.8 Å². The number of nitrogens with one attached hydrogen (secondary N) is 3.